The summed E-state index contributed by atoms with van der Waals surface area (Å²) in [5, 5.41) is 10.4. The second-order valence-corrected chi connectivity index (χ2v) is 5.71. The Morgan fingerprint density at radius 3 is 2.39 bits per heavy atom. The van der Waals surface area contributed by atoms with Crippen LogP contribution in [0.2, 0.25) is 0 Å². The van der Waals surface area contributed by atoms with Crippen LogP contribution in [0.25, 0.3) is 0 Å². The highest BCUT2D eigenvalue weighted by Gasteiger charge is 2.16. The van der Waals surface area contributed by atoms with Crippen molar-refractivity contribution in [3.63, 3.8) is 0 Å². The van der Waals surface area contributed by atoms with Gasteiger partial charge < -0.3 is 5.73 Å². The largest absolute Gasteiger partial charge is 0.330 e. The number of nitro groups is 1. The molecule has 0 bridgehead atoms. The Labute approximate surface area is 105 Å². The Bertz CT molecular complexity index is 512. The van der Waals surface area contributed by atoms with Crippen molar-refractivity contribution < 1.29 is 13.3 Å². The number of nitro benzene ring substituents is 1. The SMILES string of the molecule is C[C@H](CN)CNS(=O)(=O)c1ccc([N+](=O)[O-])cc1. The summed E-state index contributed by atoms with van der Waals surface area (Å²) in [7, 11) is -3.64. The zero-order valence-electron chi connectivity index (χ0n) is 9.87. The van der Waals surface area contributed by atoms with E-state index in [1.165, 1.54) is 12.1 Å². The summed E-state index contributed by atoms with van der Waals surface area (Å²) >= 11 is 0. The normalized spacial score (nSPS) is 13.2. The fourth-order valence-corrected chi connectivity index (χ4v) is 2.33. The molecule has 0 amide bonds. The molecule has 0 unspecified atom stereocenters. The topological polar surface area (TPSA) is 115 Å². The summed E-state index contributed by atoms with van der Waals surface area (Å²) in [4.78, 5) is 9.86. The van der Waals surface area contributed by atoms with E-state index in [0.717, 1.165) is 12.1 Å². The first-order chi connectivity index (χ1) is 8.36. The van der Waals surface area contributed by atoms with E-state index in [1.807, 2.05) is 6.92 Å². The van der Waals surface area contributed by atoms with E-state index < -0.39 is 14.9 Å². The highest BCUT2D eigenvalue weighted by atomic mass is 32.2. The minimum atomic E-state index is -3.64. The highest BCUT2D eigenvalue weighted by molar-refractivity contribution is 7.89. The third-order valence-electron chi connectivity index (χ3n) is 2.38. The molecule has 0 aromatic heterocycles. The molecule has 0 aliphatic rings. The van der Waals surface area contributed by atoms with Gasteiger partial charge in [-0.3, -0.25) is 10.1 Å². The molecule has 3 N–H and O–H groups in total. The minimum absolute atomic E-state index is 0.00248. The minimum Gasteiger partial charge on any atom is -0.330 e. The van der Waals surface area contributed by atoms with E-state index >= 15 is 0 Å². The van der Waals surface area contributed by atoms with E-state index in [1.54, 1.807) is 0 Å². The second kappa shape index (κ2) is 5.89. The number of nitrogens with two attached hydrogens (primary N) is 1. The molecular formula is C10H15N3O4S. The molecule has 1 aromatic carbocycles. The summed E-state index contributed by atoms with van der Waals surface area (Å²) in [5.74, 6) is 0.0258. The average molecular weight is 273 g/mol. The average Bonchev–Trinajstić information content (AvgIpc) is 2.36. The Morgan fingerprint density at radius 2 is 1.94 bits per heavy atom. The smallest absolute Gasteiger partial charge is 0.269 e. The van der Waals surface area contributed by atoms with Crippen LogP contribution < -0.4 is 10.5 Å². The van der Waals surface area contributed by atoms with Crippen LogP contribution in [0, 0.1) is 16.0 Å². The molecule has 0 radical (unpaired) electrons. The predicted octanol–water partition coefficient (Wildman–Crippen LogP) is 0.468. The van der Waals surface area contributed by atoms with Gasteiger partial charge in [-0.15, -0.1) is 0 Å². The molecule has 8 heteroatoms. The summed E-state index contributed by atoms with van der Waals surface area (Å²) in [5.41, 5.74) is 5.23. The summed E-state index contributed by atoms with van der Waals surface area (Å²) in [6.07, 6.45) is 0. The molecule has 0 fully saturated rings. The van der Waals surface area contributed by atoms with Gasteiger partial charge in [0.1, 0.15) is 0 Å². The number of benzene rings is 1. The molecule has 1 rings (SSSR count). The van der Waals surface area contributed by atoms with E-state index in [9.17, 15) is 18.5 Å². The van der Waals surface area contributed by atoms with Crippen molar-refractivity contribution >= 4 is 15.7 Å². The standard InChI is InChI=1S/C10H15N3O4S/c1-8(6-11)7-12-18(16,17)10-4-2-9(3-5-10)13(14)15/h2-5,8,12H,6-7,11H2,1H3/t8-/m1/s1. The van der Waals surface area contributed by atoms with Crippen LogP contribution in [-0.2, 0) is 10.0 Å². The van der Waals surface area contributed by atoms with Crippen LogP contribution in [0.4, 0.5) is 5.69 Å². The van der Waals surface area contributed by atoms with Crippen molar-refractivity contribution in [3.05, 3.63) is 34.4 Å². The van der Waals surface area contributed by atoms with Crippen molar-refractivity contribution in [1.82, 2.24) is 4.72 Å². The van der Waals surface area contributed by atoms with Crippen LogP contribution in [-0.4, -0.2) is 26.4 Å². The van der Waals surface area contributed by atoms with Crippen molar-refractivity contribution in [2.24, 2.45) is 11.7 Å². The number of nitrogens with zero attached hydrogens (tertiary/aromatic N) is 1. The van der Waals surface area contributed by atoms with Crippen LogP contribution >= 0.6 is 0 Å². The lowest BCUT2D eigenvalue weighted by Crippen LogP contribution is -2.31. The van der Waals surface area contributed by atoms with E-state index in [0.29, 0.717) is 6.54 Å². The van der Waals surface area contributed by atoms with Crippen molar-refractivity contribution in [2.45, 2.75) is 11.8 Å². The predicted molar refractivity (Wildman–Crippen MR) is 66.5 cm³/mol. The molecule has 0 aliphatic carbocycles. The van der Waals surface area contributed by atoms with Gasteiger partial charge in [0, 0.05) is 18.7 Å². The highest BCUT2D eigenvalue weighted by Crippen LogP contribution is 2.15. The molecule has 0 spiro atoms. The Morgan fingerprint density at radius 1 is 1.39 bits per heavy atom. The van der Waals surface area contributed by atoms with Crippen molar-refractivity contribution in [2.75, 3.05) is 13.1 Å². The number of rotatable bonds is 6. The van der Waals surface area contributed by atoms with Crippen LogP contribution in [0.1, 0.15) is 6.92 Å². The maximum atomic E-state index is 11.8. The van der Waals surface area contributed by atoms with Gasteiger partial charge >= 0.3 is 0 Å². The molecule has 1 aromatic rings. The summed E-state index contributed by atoms with van der Waals surface area (Å²) < 4.78 is 26.0. The molecule has 18 heavy (non-hydrogen) atoms. The first-order valence-corrected chi connectivity index (χ1v) is 6.79. The van der Waals surface area contributed by atoms with Crippen molar-refractivity contribution in [1.29, 1.82) is 0 Å². The maximum absolute atomic E-state index is 11.8. The number of sulfonamides is 1. The molecular weight excluding hydrogens is 258 g/mol. The van der Waals surface area contributed by atoms with E-state index in [2.05, 4.69) is 4.72 Å². The zero-order valence-corrected chi connectivity index (χ0v) is 10.7. The van der Waals surface area contributed by atoms with Gasteiger partial charge in [-0.1, -0.05) is 6.92 Å². The Hall–Kier alpha value is -1.51. The monoisotopic (exact) mass is 273 g/mol. The molecule has 0 heterocycles. The third-order valence-corrected chi connectivity index (χ3v) is 3.82. The molecule has 1 atom stereocenters. The lowest BCUT2D eigenvalue weighted by Gasteiger charge is -2.10. The fraction of sp³-hybridized carbons (Fsp3) is 0.400. The van der Waals surface area contributed by atoms with E-state index in [4.69, 9.17) is 5.73 Å². The van der Waals surface area contributed by atoms with Gasteiger partial charge in [-0.05, 0) is 24.6 Å². The number of nitrogens with one attached hydrogen (secondary N) is 1. The van der Waals surface area contributed by atoms with Gasteiger partial charge in [0.25, 0.3) is 5.69 Å². The second-order valence-electron chi connectivity index (χ2n) is 3.94. The maximum Gasteiger partial charge on any atom is 0.269 e. The quantitative estimate of drug-likeness (QED) is 0.577. The molecule has 0 saturated carbocycles. The molecule has 0 aliphatic heterocycles. The molecule has 7 nitrogen and oxygen atoms in total. The van der Waals surface area contributed by atoms with Gasteiger partial charge in [0.05, 0.1) is 9.82 Å². The number of hydrogen-bond donors (Lipinski definition) is 2. The van der Waals surface area contributed by atoms with Crippen LogP contribution in [0.3, 0.4) is 0 Å². The Balaban J connectivity index is 2.82. The number of hydrogen-bond acceptors (Lipinski definition) is 5. The zero-order chi connectivity index (χ0) is 13.8. The number of non-ortho nitro benzene ring substituents is 1. The first kappa shape index (κ1) is 14.6. The molecule has 100 valence electrons. The lowest BCUT2D eigenvalue weighted by atomic mass is 10.2. The summed E-state index contributed by atoms with van der Waals surface area (Å²) in [6, 6.07) is 4.71. The van der Waals surface area contributed by atoms with Gasteiger partial charge in [0.2, 0.25) is 10.0 Å². The van der Waals surface area contributed by atoms with E-state index in [-0.39, 0.29) is 23.0 Å². The van der Waals surface area contributed by atoms with Crippen molar-refractivity contribution in [3.8, 4) is 0 Å². The van der Waals surface area contributed by atoms with Gasteiger partial charge in [0.15, 0.2) is 0 Å². The fourth-order valence-electron chi connectivity index (χ4n) is 1.17. The third kappa shape index (κ3) is 3.76. The first-order valence-electron chi connectivity index (χ1n) is 5.31. The summed E-state index contributed by atoms with van der Waals surface area (Å²) in [6.45, 7) is 2.43. The lowest BCUT2D eigenvalue weighted by molar-refractivity contribution is -0.384. The molecule has 0 saturated heterocycles. The Kier molecular flexibility index (Phi) is 4.76. The van der Waals surface area contributed by atoms with Crippen LogP contribution in [0.15, 0.2) is 29.2 Å². The van der Waals surface area contributed by atoms with Gasteiger partial charge in [-0.2, -0.15) is 0 Å². The van der Waals surface area contributed by atoms with Gasteiger partial charge in [-0.25, -0.2) is 13.1 Å². The van der Waals surface area contributed by atoms with Crippen LogP contribution in [0.5, 0.6) is 0 Å².